The highest BCUT2D eigenvalue weighted by molar-refractivity contribution is 5.95. The van der Waals surface area contributed by atoms with Crippen molar-refractivity contribution in [2.45, 2.75) is 12.2 Å². The van der Waals surface area contributed by atoms with Gasteiger partial charge in [0.2, 0.25) is 5.90 Å². The standard InChI is InChI=1S/C11H11F3N2O/c12-11(13,14)8-3-1-2-7(4-8)10-16-9(5-15)6-17-10/h1-4,9H,5-6,15H2. The Morgan fingerprint density at radius 3 is 2.76 bits per heavy atom. The van der Waals surface area contributed by atoms with Crippen LogP contribution in [0.5, 0.6) is 0 Å². The quantitative estimate of drug-likeness (QED) is 0.862. The van der Waals surface area contributed by atoms with Crippen LogP contribution in [0, 0.1) is 0 Å². The SMILES string of the molecule is NCC1COC(c2cccc(C(F)(F)F)c2)=N1. The van der Waals surface area contributed by atoms with Crippen molar-refractivity contribution < 1.29 is 17.9 Å². The third-order valence-electron chi connectivity index (χ3n) is 2.42. The maximum atomic E-state index is 12.5. The summed E-state index contributed by atoms with van der Waals surface area (Å²) in [7, 11) is 0. The highest BCUT2D eigenvalue weighted by atomic mass is 19.4. The number of nitrogens with zero attached hydrogens (tertiary/aromatic N) is 1. The van der Waals surface area contributed by atoms with Crippen molar-refractivity contribution in [1.29, 1.82) is 0 Å². The van der Waals surface area contributed by atoms with E-state index in [4.69, 9.17) is 10.5 Å². The van der Waals surface area contributed by atoms with Gasteiger partial charge < -0.3 is 10.5 Å². The molecule has 1 aromatic carbocycles. The topological polar surface area (TPSA) is 47.6 Å². The van der Waals surface area contributed by atoms with E-state index in [1.54, 1.807) is 0 Å². The highest BCUT2D eigenvalue weighted by Crippen LogP contribution is 2.30. The van der Waals surface area contributed by atoms with Gasteiger partial charge in [0.05, 0.1) is 5.56 Å². The number of alkyl halides is 3. The lowest BCUT2D eigenvalue weighted by Crippen LogP contribution is -2.18. The summed E-state index contributed by atoms with van der Waals surface area (Å²) >= 11 is 0. The molecule has 17 heavy (non-hydrogen) atoms. The number of benzene rings is 1. The van der Waals surface area contributed by atoms with E-state index in [2.05, 4.69) is 4.99 Å². The summed E-state index contributed by atoms with van der Waals surface area (Å²) < 4.78 is 42.7. The molecule has 0 saturated carbocycles. The average molecular weight is 244 g/mol. The molecule has 92 valence electrons. The molecule has 0 amide bonds. The number of hydrogen-bond acceptors (Lipinski definition) is 3. The lowest BCUT2D eigenvalue weighted by atomic mass is 10.1. The van der Waals surface area contributed by atoms with Crippen LogP contribution < -0.4 is 5.73 Å². The number of nitrogens with two attached hydrogens (primary N) is 1. The van der Waals surface area contributed by atoms with Gasteiger partial charge in [-0.15, -0.1) is 0 Å². The minimum absolute atomic E-state index is 0.167. The smallest absolute Gasteiger partial charge is 0.416 e. The minimum atomic E-state index is -4.36. The van der Waals surface area contributed by atoms with E-state index in [-0.39, 0.29) is 11.9 Å². The largest absolute Gasteiger partial charge is 0.475 e. The molecule has 6 heteroatoms. The monoisotopic (exact) mass is 244 g/mol. The fourth-order valence-electron chi connectivity index (χ4n) is 1.52. The predicted octanol–water partition coefficient (Wildman–Crippen LogP) is 1.81. The second-order valence-electron chi connectivity index (χ2n) is 3.71. The summed E-state index contributed by atoms with van der Waals surface area (Å²) in [6.07, 6.45) is -4.36. The molecule has 3 nitrogen and oxygen atoms in total. The van der Waals surface area contributed by atoms with Crippen LogP contribution in [0.3, 0.4) is 0 Å². The molecule has 1 heterocycles. The van der Waals surface area contributed by atoms with Crippen molar-refractivity contribution in [1.82, 2.24) is 0 Å². The van der Waals surface area contributed by atoms with Crippen LogP contribution in [0.25, 0.3) is 0 Å². The summed E-state index contributed by atoms with van der Waals surface area (Å²) in [4.78, 5) is 4.10. The molecule has 0 spiro atoms. The van der Waals surface area contributed by atoms with Gasteiger partial charge in [0.1, 0.15) is 12.6 Å². The van der Waals surface area contributed by atoms with Crippen LogP contribution in [-0.4, -0.2) is 25.1 Å². The van der Waals surface area contributed by atoms with Gasteiger partial charge >= 0.3 is 6.18 Å². The summed E-state index contributed by atoms with van der Waals surface area (Å²) in [5.41, 5.74) is 5.02. The van der Waals surface area contributed by atoms with Gasteiger partial charge in [-0.25, -0.2) is 4.99 Å². The molecule has 2 N–H and O–H groups in total. The van der Waals surface area contributed by atoms with E-state index in [1.807, 2.05) is 0 Å². The molecule has 1 atom stereocenters. The molecule has 1 aromatic rings. The average Bonchev–Trinajstić information content (AvgIpc) is 2.76. The van der Waals surface area contributed by atoms with E-state index in [9.17, 15) is 13.2 Å². The summed E-state index contributed by atoms with van der Waals surface area (Å²) in [5.74, 6) is 0.228. The van der Waals surface area contributed by atoms with E-state index in [0.29, 0.717) is 18.7 Å². The molecule has 0 saturated heterocycles. The van der Waals surface area contributed by atoms with Crippen molar-refractivity contribution in [3.8, 4) is 0 Å². The maximum absolute atomic E-state index is 12.5. The molecule has 1 unspecified atom stereocenters. The number of ether oxygens (including phenoxy) is 1. The van der Waals surface area contributed by atoms with Gasteiger partial charge in [0.15, 0.2) is 0 Å². The second-order valence-corrected chi connectivity index (χ2v) is 3.71. The van der Waals surface area contributed by atoms with Gasteiger partial charge in [-0.2, -0.15) is 13.2 Å². The Morgan fingerprint density at radius 1 is 1.41 bits per heavy atom. The van der Waals surface area contributed by atoms with Crippen molar-refractivity contribution in [2.75, 3.05) is 13.2 Å². The van der Waals surface area contributed by atoms with Gasteiger partial charge in [0.25, 0.3) is 0 Å². The Hall–Kier alpha value is -1.56. The molecule has 1 aliphatic heterocycles. The number of rotatable bonds is 2. The molecule has 0 bridgehead atoms. The summed E-state index contributed by atoms with van der Waals surface area (Å²) in [6.45, 7) is 0.643. The van der Waals surface area contributed by atoms with E-state index < -0.39 is 11.7 Å². The maximum Gasteiger partial charge on any atom is 0.416 e. The molecule has 1 aliphatic rings. The first-order valence-electron chi connectivity index (χ1n) is 5.09. The van der Waals surface area contributed by atoms with Crippen LogP contribution in [0.2, 0.25) is 0 Å². The van der Waals surface area contributed by atoms with Crippen LogP contribution >= 0.6 is 0 Å². The van der Waals surface area contributed by atoms with E-state index >= 15 is 0 Å². The zero-order chi connectivity index (χ0) is 12.5. The molecule has 2 rings (SSSR count). The van der Waals surface area contributed by atoms with E-state index in [1.165, 1.54) is 12.1 Å². The molecule has 0 fully saturated rings. The lowest BCUT2D eigenvalue weighted by Gasteiger charge is -2.08. The normalized spacial score (nSPS) is 20.0. The molecule has 0 radical (unpaired) electrons. The van der Waals surface area contributed by atoms with Gasteiger partial charge in [0, 0.05) is 12.1 Å². The minimum Gasteiger partial charge on any atom is -0.475 e. The Kier molecular flexibility index (Phi) is 3.06. The lowest BCUT2D eigenvalue weighted by molar-refractivity contribution is -0.137. The molecule has 0 aliphatic carbocycles. The zero-order valence-corrected chi connectivity index (χ0v) is 8.87. The van der Waals surface area contributed by atoms with Crippen LogP contribution in [-0.2, 0) is 10.9 Å². The third-order valence-corrected chi connectivity index (χ3v) is 2.42. The number of aliphatic imine (C=N–C) groups is 1. The fourth-order valence-corrected chi connectivity index (χ4v) is 1.52. The van der Waals surface area contributed by atoms with Gasteiger partial charge in [-0.05, 0) is 18.2 Å². The van der Waals surface area contributed by atoms with Crippen molar-refractivity contribution in [3.63, 3.8) is 0 Å². The van der Waals surface area contributed by atoms with Crippen LogP contribution in [0.4, 0.5) is 13.2 Å². The number of halogens is 3. The molecule has 0 aromatic heterocycles. The zero-order valence-electron chi connectivity index (χ0n) is 8.87. The van der Waals surface area contributed by atoms with Crippen LogP contribution in [0.15, 0.2) is 29.3 Å². The number of hydrogen-bond donors (Lipinski definition) is 1. The van der Waals surface area contributed by atoms with Gasteiger partial charge in [-0.3, -0.25) is 0 Å². The first-order valence-corrected chi connectivity index (χ1v) is 5.09. The summed E-state index contributed by atoms with van der Waals surface area (Å²) in [5, 5.41) is 0. The summed E-state index contributed by atoms with van der Waals surface area (Å²) in [6, 6.07) is 4.74. The second kappa shape index (κ2) is 4.37. The van der Waals surface area contributed by atoms with Crippen molar-refractivity contribution in [2.24, 2.45) is 10.7 Å². The third kappa shape index (κ3) is 2.58. The Morgan fingerprint density at radius 2 is 2.18 bits per heavy atom. The first-order chi connectivity index (χ1) is 8.00. The Balaban J connectivity index is 2.29. The first kappa shape index (κ1) is 11.9. The Labute approximate surface area is 96.1 Å². The van der Waals surface area contributed by atoms with Crippen molar-refractivity contribution >= 4 is 5.90 Å². The van der Waals surface area contributed by atoms with Gasteiger partial charge in [-0.1, -0.05) is 6.07 Å². The predicted molar refractivity (Wildman–Crippen MR) is 56.8 cm³/mol. The van der Waals surface area contributed by atoms with Crippen molar-refractivity contribution in [3.05, 3.63) is 35.4 Å². The molecular formula is C11H11F3N2O. The Bertz CT molecular complexity index is 443. The van der Waals surface area contributed by atoms with Crippen LogP contribution in [0.1, 0.15) is 11.1 Å². The van der Waals surface area contributed by atoms with E-state index in [0.717, 1.165) is 12.1 Å². The highest BCUT2D eigenvalue weighted by Gasteiger charge is 2.31. The molecular weight excluding hydrogens is 233 g/mol. The fraction of sp³-hybridized carbons (Fsp3) is 0.364.